The van der Waals surface area contributed by atoms with Gasteiger partial charge in [0.2, 0.25) is 0 Å². The number of benzene rings is 3. The van der Waals surface area contributed by atoms with Crippen LogP contribution in [0.1, 0.15) is 21.6 Å². The molecule has 4 rings (SSSR count). The maximum Gasteiger partial charge on any atom is 0.275 e. The van der Waals surface area contributed by atoms with Crippen molar-refractivity contribution in [2.45, 2.75) is 20.6 Å². The van der Waals surface area contributed by atoms with Crippen LogP contribution in [-0.4, -0.2) is 20.6 Å². The van der Waals surface area contributed by atoms with Gasteiger partial charge in [-0.2, -0.15) is 5.10 Å². The summed E-state index contributed by atoms with van der Waals surface area (Å²) in [4.78, 5) is 23.9. The second-order valence-electron chi connectivity index (χ2n) is 7.80. The van der Waals surface area contributed by atoms with Crippen molar-refractivity contribution < 1.29 is 19.2 Å². The van der Waals surface area contributed by atoms with Crippen LogP contribution in [0.25, 0.3) is 0 Å². The number of aryl methyl sites for hydroxylation is 2. The summed E-state index contributed by atoms with van der Waals surface area (Å²) in [6.45, 7) is 3.84. The normalized spacial score (nSPS) is 10.6. The molecule has 0 aliphatic rings. The number of carbonyl (C=O) groups is 1. The van der Waals surface area contributed by atoms with E-state index < -0.39 is 10.8 Å². The van der Waals surface area contributed by atoms with E-state index in [0.29, 0.717) is 16.5 Å². The number of aromatic nitrogens is 2. The minimum absolute atomic E-state index is 0.0204. The van der Waals surface area contributed by atoms with Gasteiger partial charge in [-0.15, -0.1) is 0 Å². The van der Waals surface area contributed by atoms with Crippen molar-refractivity contribution in [3.05, 3.63) is 105 Å². The van der Waals surface area contributed by atoms with Gasteiger partial charge in [0.05, 0.1) is 16.7 Å². The molecule has 0 unspecified atom stereocenters. The molecule has 0 bridgehead atoms. The van der Waals surface area contributed by atoms with Crippen molar-refractivity contribution in [3.8, 4) is 17.2 Å². The van der Waals surface area contributed by atoms with E-state index in [-0.39, 0.29) is 29.5 Å². The SMILES string of the molecule is Cc1cc(C)cc(Oc2cc(NC(=O)c3ccnn3COc3ccc(Cl)cc3)cc([N+](=O)[O-])c2)c1. The molecule has 10 heteroatoms. The van der Waals surface area contributed by atoms with Gasteiger partial charge in [0, 0.05) is 23.4 Å². The zero-order chi connectivity index (χ0) is 24.9. The molecule has 35 heavy (non-hydrogen) atoms. The van der Waals surface area contributed by atoms with Gasteiger partial charge in [-0.1, -0.05) is 17.7 Å². The molecule has 0 fully saturated rings. The van der Waals surface area contributed by atoms with Gasteiger partial charge >= 0.3 is 0 Å². The number of nitro groups is 1. The first-order valence-corrected chi connectivity index (χ1v) is 10.9. The number of carbonyl (C=O) groups excluding carboxylic acids is 1. The van der Waals surface area contributed by atoms with Crippen molar-refractivity contribution in [1.29, 1.82) is 0 Å². The van der Waals surface area contributed by atoms with Crippen molar-refractivity contribution in [2.24, 2.45) is 0 Å². The van der Waals surface area contributed by atoms with Crippen LogP contribution in [0.5, 0.6) is 17.2 Å². The minimum Gasteiger partial charge on any atom is -0.471 e. The summed E-state index contributed by atoms with van der Waals surface area (Å²) < 4.78 is 12.9. The van der Waals surface area contributed by atoms with Gasteiger partial charge in [-0.05, 0) is 67.4 Å². The van der Waals surface area contributed by atoms with Crippen LogP contribution in [0, 0.1) is 24.0 Å². The average Bonchev–Trinajstić information content (AvgIpc) is 3.27. The van der Waals surface area contributed by atoms with Crippen molar-refractivity contribution in [1.82, 2.24) is 9.78 Å². The molecule has 0 spiro atoms. The van der Waals surface area contributed by atoms with Gasteiger partial charge in [-0.3, -0.25) is 14.9 Å². The standard InChI is InChI=1S/C25H21ClN4O5/c1-16-9-17(2)11-22(10-16)35-23-13-19(12-20(14-23)30(32)33)28-25(31)24-7-8-27-29(24)15-34-21-5-3-18(26)4-6-21/h3-14H,15H2,1-2H3,(H,28,31). The molecule has 3 aromatic carbocycles. The van der Waals surface area contributed by atoms with Gasteiger partial charge in [0.15, 0.2) is 6.73 Å². The highest BCUT2D eigenvalue weighted by atomic mass is 35.5. The predicted molar refractivity (Wildman–Crippen MR) is 131 cm³/mol. The number of anilines is 1. The van der Waals surface area contributed by atoms with E-state index in [4.69, 9.17) is 21.1 Å². The molecule has 1 heterocycles. The fourth-order valence-electron chi connectivity index (χ4n) is 3.44. The Morgan fingerprint density at radius 2 is 1.69 bits per heavy atom. The summed E-state index contributed by atoms with van der Waals surface area (Å²) in [5, 5.41) is 18.8. The number of amides is 1. The highest BCUT2D eigenvalue weighted by molar-refractivity contribution is 6.30. The molecule has 178 valence electrons. The van der Waals surface area contributed by atoms with Crippen LogP contribution in [0.2, 0.25) is 5.02 Å². The van der Waals surface area contributed by atoms with Gasteiger partial charge < -0.3 is 14.8 Å². The average molecular weight is 493 g/mol. The largest absolute Gasteiger partial charge is 0.471 e. The zero-order valence-corrected chi connectivity index (χ0v) is 19.7. The first-order chi connectivity index (χ1) is 16.8. The lowest BCUT2D eigenvalue weighted by molar-refractivity contribution is -0.384. The van der Waals surface area contributed by atoms with Gasteiger partial charge in [0.1, 0.15) is 22.9 Å². The maximum absolute atomic E-state index is 12.9. The molecule has 0 radical (unpaired) electrons. The van der Waals surface area contributed by atoms with Crippen LogP contribution in [0.4, 0.5) is 11.4 Å². The lowest BCUT2D eigenvalue weighted by Gasteiger charge is -2.12. The van der Waals surface area contributed by atoms with Crippen LogP contribution in [-0.2, 0) is 6.73 Å². The Hall–Kier alpha value is -4.37. The van der Waals surface area contributed by atoms with Gasteiger partial charge in [0.25, 0.3) is 11.6 Å². The Kier molecular flexibility index (Phi) is 6.98. The predicted octanol–water partition coefficient (Wildman–Crippen LogP) is 6.14. The summed E-state index contributed by atoms with van der Waals surface area (Å²) in [7, 11) is 0. The lowest BCUT2D eigenvalue weighted by Crippen LogP contribution is -2.19. The first kappa shape index (κ1) is 23.8. The summed E-state index contributed by atoms with van der Waals surface area (Å²) in [6.07, 6.45) is 1.46. The molecular weight excluding hydrogens is 472 g/mol. The lowest BCUT2D eigenvalue weighted by atomic mass is 10.1. The first-order valence-electron chi connectivity index (χ1n) is 10.5. The highest BCUT2D eigenvalue weighted by Crippen LogP contribution is 2.31. The molecule has 0 saturated carbocycles. The molecule has 1 N–H and O–H groups in total. The van der Waals surface area contributed by atoms with E-state index in [1.807, 2.05) is 32.0 Å². The number of hydrogen-bond donors (Lipinski definition) is 1. The fourth-order valence-corrected chi connectivity index (χ4v) is 3.56. The third kappa shape index (κ3) is 6.15. The number of nitrogens with one attached hydrogen (secondary N) is 1. The molecule has 1 amide bonds. The highest BCUT2D eigenvalue weighted by Gasteiger charge is 2.17. The molecule has 9 nitrogen and oxygen atoms in total. The number of non-ortho nitro benzene ring substituents is 1. The number of rotatable bonds is 8. The Labute approximate surface area is 206 Å². The monoisotopic (exact) mass is 492 g/mol. The van der Waals surface area contributed by atoms with Crippen LogP contribution < -0.4 is 14.8 Å². The van der Waals surface area contributed by atoms with E-state index in [1.165, 1.54) is 35.1 Å². The van der Waals surface area contributed by atoms with Crippen molar-refractivity contribution >= 4 is 28.9 Å². The molecule has 0 atom stereocenters. The summed E-state index contributed by atoms with van der Waals surface area (Å²) >= 11 is 5.88. The fraction of sp³-hybridized carbons (Fsp3) is 0.120. The number of halogens is 1. The van der Waals surface area contributed by atoms with Crippen LogP contribution in [0.15, 0.2) is 72.9 Å². The quantitative estimate of drug-likeness (QED) is 0.233. The van der Waals surface area contributed by atoms with Crippen LogP contribution in [0.3, 0.4) is 0 Å². The zero-order valence-electron chi connectivity index (χ0n) is 18.9. The summed E-state index contributed by atoms with van der Waals surface area (Å²) in [6, 6.07) is 18.0. The molecule has 4 aromatic rings. The van der Waals surface area contributed by atoms with Gasteiger partial charge in [-0.25, -0.2) is 4.68 Å². The van der Waals surface area contributed by atoms with Crippen LogP contribution >= 0.6 is 11.6 Å². The maximum atomic E-state index is 12.9. The van der Waals surface area contributed by atoms with E-state index in [0.717, 1.165) is 11.1 Å². The number of hydrogen-bond acceptors (Lipinski definition) is 6. The number of nitrogens with zero attached hydrogens (tertiary/aromatic N) is 3. The second kappa shape index (κ2) is 10.3. The molecule has 0 saturated heterocycles. The molecular formula is C25H21ClN4O5. The van der Waals surface area contributed by atoms with E-state index in [1.54, 1.807) is 24.3 Å². The molecule has 0 aliphatic carbocycles. The second-order valence-corrected chi connectivity index (χ2v) is 8.23. The smallest absolute Gasteiger partial charge is 0.275 e. The van der Waals surface area contributed by atoms with Crippen molar-refractivity contribution in [3.63, 3.8) is 0 Å². The minimum atomic E-state index is -0.547. The van der Waals surface area contributed by atoms with E-state index >= 15 is 0 Å². The van der Waals surface area contributed by atoms with E-state index in [2.05, 4.69) is 10.4 Å². The van der Waals surface area contributed by atoms with Crippen molar-refractivity contribution in [2.75, 3.05) is 5.32 Å². The third-order valence-electron chi connectivity index (χ3n) is 4.91. The molecule has 0 aliphatic heterocycles. The summed E-state index contributed by atoms with van der Waals surface area (Å²) in [5.41, 5.74) is 2.18. The Morgan fingerprint density at radius 3 is 2.37 bits per heavy atom. The molecule has 1 aromatic heterocycles. The third-order valence-corrected chi connectivity index (χ3v) is 5.16. The van der Waals surface area contributed by atoms with E-state index in [9.17, 15) is 14.9 Å². The topological polar surface area (TPSA) is 109 Å². The Balaban J connectivity index is 1.52. The Bertz CT molecular complexity index is 1360. The number of ether oxygens (including phenoxy) is 2. The number of nitro benzene ring substituents is 1. The summed E-state index contributed by atoms with van der Waals surface area (Å²) in [5.74, 6) is 0.806. The Morgan fingerprint density at radius 1 is 1.00 bits per heavy atom.